The zero-order valence-electron chi connectivity index (χ0n) is 15.1. The molecule has 4 rings (SSSR count). The summed E-state index contributed by atoms with van der Waals surface area (Å²) in [5.41, 5.74) is 0.223. The van der Waals surface area contributed by atoms with Gasteiger partial charge in [0.05, 0.1) is 15.8 Å². The van der Waals surface area contributed by atoms with E-state index in [4.69, 9.17) is 4.74 Å². The van der Waals surface area contributed by atoms with Crippen LogP contribution in [-0.2, 0) is 15.5 Å². The van der Waals surface area contributed by atoms with Gasteiger partial charge in [-0.05, 0) is 30.5 Å². The minimum absolute atomic E-state index is 0.0873. The molecule has 5 N–H and O–H groups in total. The Bertz CT molecular complexity index is 1110. The van der Waals surface area contributed by atoms with Gasteiger partial charge >= 0.3 is 5.97 Å². The lowest BCUT2D eigenvalue weighted by atomic mass is 10.00. The molecule has 10 nitrogen and oxygen atoms in total. The lowest BCUT2D eigenvalue weighted by Gasteiger charge is -2.20. The largest absolute Gasteiger partial charge is 0.381 e. The number of amides is 1. The second kappa shape index (κ2) is 7.61. The Kier molecular flexibility index (Phi) is 5.15. The number of anilines is 1. The lowest BCUT2D eigenvalue weighted by Crippen LogP contribution is -2.30. The number of carbonyl (C=O) groups is 1. The van der Waals surface area contributed by atoms with Gasteiger partial charge in [0.2, 0.25) is 11.7 Å². The monoisotopic (exact) mass is 418 g/mol. The fourth-order valence-electron chi connectivity index (χ4n) is 3.08. The van der Waals surface area contributed by atoms with E-state index in [0.717, 1.165) is 4.88 Å². The summed E-state index contributed by atoms with van der Waals surface area (Å²) in [6.07, 6.45) is 2.95. The fraction of sp³-hybridized carbons (Fsp3) is 0.333. The molecule has 0 unspecified atom stereocenters. The molecule has 3 aromatic rings. The van der Waals surface area contributed by atoms with Crippen LogP contribution >= 0.6 is 11.3 Å². The predicted octanol–water partition coefficient (Wildman–Crippen LogP) is 0.499. The van der Waals surface area contributed by atoms with E-state index in [9.17, 15) is 24.9 Å². The number of fused-ring (bicyclic) bond motifs is 1. The third-order valence-corrected chi connectivity index (χ3v) is 5.60. The Morgan fingerprint density at radius 1 is 1.28 bits per heavy atom. The Labute approximate surface area is 167 Å². The summed E-state index contributed by atoms with van der Waals surface area (Å²) in [7, 11) is 0. The van der Waals surface area contributed by atoms with E-state index in [-0.39, 0.29) is 22.7 Å². The third kappa shape index (κ3) is 4.18. The number of aromatic nitrogens is 3. The summed E-state index contributed by atoms with van der Waals surface area (Å²) in [6.45, 7) is 1.15. The zero-order chi connectivity index (χ0) is 20.6. The maximum Gasteiger partial charge on any atom is 0.338 e. The summed E-state index contributed by atoms with van der Waals surface area (Å²) >= 11 is 1.26. The molecule has 29 heavy (non-hydrogen) atoms. The highest BCUT2D eigenvalue weighted by Crippen LogP contribution is 2.31. The predicted molar refractivity (Wildman–Crippen MR) is 104 cm³/mol. The van der Waals surface area contributed by atoms with E-state index in [0.29, 0.717) is 36.8 Å². The van der Waals surface area contributed by atoms with Crippen molar-refractivity contribution in [1.82, 2.24) is 15.0 Å². The number of thiazole rings is 1. The Hall–Kier alpha value is -2.70. The van der Waals surface area contributed by atoms with Gasteiger partial charge in [0, 0.05) is 25.3 Å². The number of H-pyrrole nitrogens is 1. The summed E-state index contributed by atoms with van der Waals surface area (Å²) in [5.74, 6) is -4.12. The van der Waals surface area contributed by atoms with E-state index >= 15 is 0 Å². The van der Waals surface area contributed by atoms with Gasteiger partial charge in [-0.25, -0.2) is 9.97 Å². The highest BCUT2D eigenvalue weighted by atomic mass is 32.1. The van der Waals surface area contributed by atoms with Crippen LogP contribution in [0.2, 0.25) is 0 Å². The first-order valence-electron chi connectivity index (χ1n) is 8.88. The van der Waals surface area contributed by atoms with Crippen molar-refractivity contribution in [3.8, 4) is 10.4 Å². The first kappa shape index (κ1) is 19.6. The van der Waals surface area contributed by atoms with Crippen molar-refractivity contribution in [2.45, 2.75) is 18.8 Å². The number of nitrogens with one attached hydrogen (secondary N) is 2. The van der Waals surface area contributed by atoms with Crippen molar-refractivity contribution in [3.05, 3.63) is 40.6 Å². The molecular weight excluding hydrogens is 400 g/mol. The summed E-state index contributed by atoms with van der Waals surface area (Å²) in [4.78, 5) is 35.4. The third-order valence-electron chi connectivity index (χ3n) is 4.64. The van der Waals surface area contributed by atoms with E-state index < -0.39 is 17.4 Å². The smallest absolute Gasteiger partial charge is 0.338 e. The number of rotatable bonds is 4. The lowest BCUT2D eigenvalue weighted by molar-refractivity contribution is -0.328. The van der Waals surface area contributed by atoms with Gasteiger partial charge in [-0.1, -0.05) is 17.4 Å². The van der Waals surface area contributed by atoms with Gasteiger partial charge in [-0.3, -0.25) is 9.59 Å². The van der Waals surface area contributed by atoms with E-state index in [1.165, 1.54) is 17.4 Å². The van der Waals surface area contributed by atoms with Gasteiger partial charge < -0.3 is 30.4 Å². The molecule has 0 bridgehead atoms. The molecule has 1 aromatic carbocycles. The molecule has 1 aliphatic rings. The average molecular weight is 418 g/mol. The molecule has 0 aliphatic carbocycles. The zero-order valence-corrected chi connectivity index (χ0v) is 15.9. The van der Waals surface area contributed by atoms with E-state index in [1.54, 1.807) is 18.3 Å². The van der Waals surface area contributed by atoms with E-state index in [1.807, 2.05) is 0 Å². The van der Waals surface area contributed by atoms with Crippen LogP contribution in [0.25, 0.3) is 21.3 Å². The Morgan fingerprint density at radius 2 is 2.03 bits per heavy atom. The summed E-state index contributed by atoms with van der Waals surface area (Å²) < 4.78 is 5.26. The van der Waals surface area contributed by atoms with Crippen molar-refractivity contribution in [2.75, 3.05) is 18.5 Å². The van der Waals surface area contributed by atoms with Gasteiger partial charge in [0.25, 0.3) is 5.56 Å². The summed E-state index contributed by atoms with van der Waals surface area (Å²) in [6, 6.07) is 4.80. The first-order valence-corrected chi connectivity index (χ1v) is 9.69. The second-order valence-corrected chi connectivity index (χ2v) is 7.72. The van der Waals surface area contributed by atoms with Crippen LogP contribution in [-0.4, -0.2) is 49.4 Å². The molecule has 0 radical (unpaired) electrons. The maximum atomic E-state index is 12.3. The van der Waals surface area contributed by atoms with Crippen LogP contribution in [0.15, 0.2) is 29.2 Å². The fourth-order valence-corrected chi connectivity index (χ4v) is 3.90. The van der Waals surface area contributed by atoms with Crippen LogP contribution in [0.4, 0.5) is 5.13 Å². The number of carbonyl (C=O) groups excluding carboxylic acids is 1. The Balaban J connectivity index is 1.60. The highest BCUT2D eigenvalue weighted by molar-refractivity contribution is 7.19. The minimum Gasteiger partial charge on any atom is -0.381 e. The molecule has 1 aliphatic heterocycles. The number of ether oxygens (including phenoxy) is 1. The Morgan fingerprint density at radius 3 is 2.76 bits per heavy atom. The molecule has 0 saturated carbocycles. The number of hydrogen-bond donors (Lipinski definition) is 5. The second-order valence-electron chi connectivity index (χ2n) is 6.69. The SMILES string of the molecule is O=C(Nc1ncc(-c2ccc3c(=O)[nH]c(C(O)(O)O)nc3c2)s1)C1CCOCC1. The van der Waals surface area contributed by atoms with Crippen molar-refractivity contribution >= 4 is 33.3 Å². The van der Waals surface area contributed by atoms with Crippen LogP contribution in [0.3, 0.4) is 0 Å². The number of nitrogens with zero attached hydrogens (tertiary/aromatic N) is 2. The van der Waals surface area contributed by atoms with Crippen molar-refractivity contribution in [1.29, 1.82) is 0 Å². The highest BCUT2D eigenvalue weighted by Gasteiger charge is 2.26. The molecule has 1 fully saturated rings. The number of aromatic amines is 1. The van der Waals surface area contributed by atoms with Gasteiger partial charge in [-0.2, -0.15) is 0 Å². The maximum absolute atomic E-state index is 12.3. The normalized spacial score (nSPS) is 15.6. The van der Waals surface area contributed by atoms with Crippen LogP contribution < -0.4 is 10.9 Å². The average Bonchev–Trinajstić information content (AvgIpc) is 3.16. The standard InChI is InChI=1S/C18H18N4O6S/c23-14(9-3-5-28-6-4-9)22-17-19-8-13(29-17)10-1-2-11-12(7-10)20-16(18(25,26)27)21-15(11)24/h1-2,7-9,25-27H,3-6H2,(H,19,22,23)(H,20,21,24). The molecule has 11 heteroatoms. The number of aliphatic hydroxyl groups is 3. The molecule has 152 valence electrons. The van der Waals surface area contributed by atoms with Crippen LogP contribution in [0, 0.1) is 5.92 Å². The topological polar surface area (TPSA) is 158 Å². The molecule has 1 saturated heterocycles. The van der Waals surface area contributed by atoms with Crippen molar-refractivity contribution in [2.24, 2.45) is 5.92 Å². The quantitative estimate of drug-likeness (QED) is 0.383. The molecule has 0 atom stereocenters. The van der Waals surface area contributed by atoms with Crippen molar-refractivity contribution in [3.63, 3.8) is 0 Å². The van der Waals surface area contributed by atoms with Gasteiger partial charge in [0.15, 0.2) is 5.13 Å². The molecular formula is C18H18N4O6S. The minimum atomic E-state index is -3.25. The van der Waals surface area contributed by atoms with Crippen molar-refractivity contribution < 1.29 is 24.9 Å². The number of benzene rings is 1. The van der Waals surface area contributed by atoms with Crippen LogP contribution in [0.5, 0.6) is 0 Å². The molecule has 2 aromatic heterocycles. The molecule has 0 spiro atoms. The van der Waals surface area contributed by atoms with Gasteiger partial charge in [0.1, 0.15) is 0 Å². The van der Waals surface area contributed by atoms with Crippen LogP contribution in [0.1, 0.15) is 18.7 Å². The molecule has 1 amide bonds. The van der Waals surface area contributed by atoms with Gasteiger partial charge in [-0.15, -0.1) is 0 Å². The van der Waals surface area contributed by atoms with E-state index in [2.05, 4.69) is 20.3 Å². The number of hydrogen-bond acceptors (Lipinski definition) is 9. The summed E-state index contributed by atoms with van der Waals surface area (Å²) in [5, 5.41) is 31.3. The first-order chi connectivity index (χ1) is 13.8. The molecule has 3 heterocycles.